The number of benzene rings is 2. The largest absolute Gasteiger partial charge is 0.421 e. The number of halogens is 4. The van der Waals surface area contributed by atoms with Crippen LogP contribution in [0.1, 0.15) is 37.3 Å². The van der Waals surface area contributed by atoms with Gasteiger partial charge in [0.15, 0.2) is 0 Å². The number of rotatable bonds is 8. The molecule has 0 aliphatic carbocycles. The van der Waals surface area contributed by atoms with Crippen LogP contribution in [0.3, 0.4) is 0 Å². The van der Waals surface area contributed by atoms with Crippen molar-refractivity contribution in [2.24, 2.45) is 0 Å². The SMILES string of the molecule is CCCCCc1cccc(Nc2nc(Nc3ccc(Br)cc3)ncc2C(F)(F)F)c1. The summed E-state index contributed by atoms with van der Waals surface area (Å²) in [5, 5.41) is 5.76. The van der Waals surface area contributed by atoms with Crippen LogP contribution in [-0.4, -0.2) is 9.97 Å². The van der Waals surface area contributed by atoms with Gasteiger partial charge in [-0.05, 0) is 54.8 Å². The van der Waals surface area contributed by atoms with Crippen molar-refractivity contribution in [3.8, 4) is 0 Å². The molecule has 2 aromatic carbocycles. The molecule has 0 atom stereocenters. The second-order valence-corrected chi connectivity index (χ2v) is 7.78. The van der Waals surface area contributed by atoms with Gasteiger partial charge in [0.25, 0.3) is 0 Å². The maximum atomic E-state index is 13.5. The molecule has 0 unspecified atom stereocenters. The highest BCUT2D eigenvalue weighted by atomic mass is 79.9. The quantitative estimate of drug-likeness (QED) is 0.329. The van der Waals surface area contributed by atoms with Crippen LogP contribution in [0.5, 0.6) is 0 Å². The van der Waals surface area contributed by atoms with E-state index < -0.39 is 11.7 Å². The molecule has 3 rings (SSSR count). The molecule has 0 bridgehead atoms. The van der Waals surface area contributed by atoms with Crippen molar-refractivity contribution in [2.45, 2.75) is 38.8 Å². The molecule has 0 aliphatic rings. The molecule has 158 valence electrons. The van der Waals surface area contributed by atoms with Gasteiger partial charge in [0.05, 0.1) is 0 Å². The van der Waals surface area contributed by atoms with Crippen molar-refractivity contribution in [3.63, 3.8) is 0 Å². The lowest BCUT2D eigenvalue weighted by atomic mass is 10.1. The Morgan fingerprint density at radius 2 is 1.73 bits per heavy atom. The zero-order chi connectivity index (χ0) is 21.6. The van der Waals surface area contributed by atoms with E-state index in [2.05, 4.69) is 43.5 Å². The number of alkyl halides is 3. The number of hydrogen-bond acceptors (Lipinski definition) is 4. The minimum atomic E-state index is -4.57. The second kappa shape index (κ2) is 9.93. The van der Waals surface area contributed by atoms with E-state index >= 15 is 0 Å². The van der Waals surface area contributed by atoms with Gasteiger partial charge in [0.1, 0.15) is 11.4 Å². The molecule has 0 saturated heterocycles. The summed E-state index contributed by atoms with van der Waals surface area (Å²) in [4.78, 5) is 7.93. The zero-order valence-electron chi connectivity index (χ0n) is 16.4. The lowest BCUT2D eigenvalue weighted by Crippen LogP contribution is -2.12. The summed E-state index contributed by atoms with van der Waals surface area (Å²) in [6.07, 6.45) is 0.381. The van der Waals surface area contributed by atoms with Gasteiger partial charge >= 0.3 is 6.18 Å². The molecule has 3 aromatic rings. The summed E-state index contributed by atoms with van der Waals surface area (Å²) >= 11 is 3.34. The standard InChI is InChI=1S/C22H22BrF3N4/c1-2-3-4-6-15-7-5-8-18(13-15)28-20-19(22(24,25)26)14-27-21(30-20)29-17-11-9-16(23)10-12-17/h5,7-14H,2-4,6H2,1H3,(H2,27,28,29,30). The Bertz CT molecular complexity index is 975. The third-order valence-electron chi connectivity index (χ3n) is 4.45. The Hall–Kier alpha value is -2.61. The van der Waals surface area contributed by atoms with Crippen molar-refractivity contribution in [2.75, 3.05) is 10.6 Å². The van der Waals surface area contributed by atoms with Crippen molar-refractivity contribution in [3.05, 3.63) is 70.3 Å². The predicted octanol–water partition coefficient (Wildman–Crippen LogP) is 7.48. The molecule has 4 nitrogen and oxygen atoms in total. The van der Waals surface area contributed by atoms with Crippen molar-refractivity contribution in [1.82, 2.24) is 9.97 Å². The van der Waals surface area contributed by atoms with Gasteiger partial charge in [-0.1, -0.05) is 47.8 Å². The number of aryl methyl sites for hydroxylation is 1. The van der Waals surface area contributed by atoms with Crippen LogP contribution in [0.4, 0.5) is 36.3 Å². The van der Waals surface area contributed by atoms with Gasteiger partial charge in [-0.3, -0.25) is 0 Å². The molecule has 8 heteroatoms. The number of anilines is 4. The van der Waals surface area contributed by atoms with Gasteiger partial charge in [0, 0.05) is 22.0 Å². The number of aromatic nitrogens is 2. The van der Waals surface area contributed by atoms with E-state index in [9.17, 15) is 13.2 Å². The molecule has 0 fully saturated rings. The van der Waals surface area contributed by atoms with Crippen molar-refractivity contribution >= 4 is 39.1 Å². The molecule has 1 heterocycles. The molecular weight excluding hydrogens is 457 g/mol. The van der Waals surface area contributed by atoms with Crippen LogP contribution < -0.4 is 10.6 Å². The van der Waals surface area contributed by atoms with Gasteiger partial charge in [0.2, 0.25) is 5.95 Å². The normalized spacial score (nSPS) is 11.4. The molecule has 2 N–H and O–H groups in total. The van der Waals surface area contributed by atoms with Crippen LogP contribution >= 0.6 is 15.9 Å². The Labute approximate surface area is 182 Å². The molecule has 0 amide bonds. The summed E-state index contributed by atoms with van der Waals surface area (Å²) in [7, 11) is 0. The summed E-state index contributed by atoms with van der Waals surface area (Å²) in [5.74, 6) is -0.213. The fraction of sp³-hybridized carbons (Fsp3) is 0.273. The Kier molecular flexibility index (Phi) is 7.31. The fourth-order valence-electron chi connectivity index (χ4n) is 2.93. The highest BCUT2D eigenvalue weighted by molar-refractivity contribution is 9.10. The first-order valence-corrected chi connectivity index (χ1v) is 10.5. The minimum Gasteiger partial charge on any atom is -0.340 e. The fourth-order valence-corrected chi connectivity index (χ4v) is 3.19. The third kappa shape index (κ3) is 6.19. The summed E-state index contributed by atoms with van der Waals surface area (Å²) in [5.41, 5.74) is 1.38. The molecule has 0 radical (unpaired) electrons. The average Bonchev–Trinajstić information content (AvgIpc) is 2.70. The van der Waals surface area contributed by atoms with Crippen LogP contribution in [0.15, 0.2) is 59.2 Å². The van der Waals surface area contributed by atoms with Crippen LogP contribution in [0.25, 0.3) is 0 Å². The monoisotopic (exact) mass is 478 g/mol. The summed E-state index contributed by atoms with van der Waals surface area (Å²) in [6, 6.07) is 14.6. The molecular formula is C22H22BrF3N4. The summed E-state index contributed by atoms with van der Waals surface area (Å²) in [6.45, 7) is 2.13. The Morgan fingerprint density at radius 3 is 2.43 bits per heavy atom. The number of nitrogens with zero attached hydrogens (tertiary/aromatic N) is 2. The Balaban J connectivity index is 1.86. The number of unbranched alkanes of at least 4 members (excludes halogenated alkanes) is 2. The first-order chi connectivity index (χ1) is 14.3. The van der Waals surface area contributed by atoms with E-state index in [1.165, 1.54) is 0 Å². The first kappa shape index (κ1) is 22.1. The molecule has 0 aliphatic heterocycles. The van der Waals surface area contributed by atoms with Crippen LogP contribution in [0.2, 0.25) is 0 Å². The van der Waals surface area contributed by atoms with E-state index in [0.29, 0.717) is 11.4 Å². The lowest BCUT2D eigenvalue weighted by Gasteiger charge is -2.15. The van der Waals surface area contributed by atoms with E-state index in [4.69, 9.17) is 0 Å². The average molecular weight is 479 g/mol. The maximum absolute atomic E-state index is 13.5. The highest BCUT2D eigenvalue weighted by Crippen LogP contribution is 2.35. The molecule has 30 heavy (non-hydrogen) atoms. The van der Waals surface area contributed by atoms with E-state index in [-0.39, 0.29) is 11.8 Å². The van der Waals surface area contributed by atoms with Crippen molar-refractivity contribution in [1.29, 1.82) is 0 Å². The second-order valence-electron chi connectivity index (χ2n) is 6.87. The smallest absolute Gasteiger partial charge is 0.340 e. The predicted molar refractivity (Wildman–Crippen MR) is 117 cm³/mol. The van der Waals surface area contributed by atoms with Crippen molar-refractivity contribution < 1.29 is 13.2 Å². The molecule has 0 saturated carbocycles. The van der Waals surface area contributed by atoms with E-state index in [1.54, 1.807) is 18.2 Å². The molecule has 0 spiro atoms. The maximum Gasteiger partial charge on any atom is 0.421 e. The third-order valence-corrected chi connectivity index (χ3v) is 4.98. The van der Waals surface area contributed by atoms with E-state index in [1.807, 2.05) is 30.3 Å². The van der Waals surface area contributed by atoms with Gasteiger partial charge < -0.3 is 10.6 Å². The Morgan fingerprint density at radius 1 is 0.967 bits per heavy atom. The van der Waals surface area contributed by atoms with E-state index in [0.717, 1.165) is 41.9 Å². The van der Waals surface area contributed by atoms with Gasteiger partial charge in [-0.2, -0.15) is 18.2 Å². The van der Waals surface area contributed by atoms with Gasteiger partial charge in [-0.15, -0.1) is 0 Å². The first-order valence-electron chi connectivity index (χ1n) is 9.68. The summed E-state index contributed by atoms with van der Waals surface area (Å²) < 4.78 is 41.4. The highest BCUT2D eigenvalue weighted by Gasteiger charge is 2.35. The minimum absolute atomic E-state index is 0.0759. The van der Waals surface area contributed by atoms with Crippen LogP contribution in [0, 0.1) is 0 Å². The number of nitrogens with one attached hydrogen (secondary N) is 2. The lowest BCUT2D eigenvalue weighted by molar-refractivity contribution is -0.137. The zero-order valence-corrected chi connectivity index (χ0v) is 18.0. The van der Waals surface area contributed by atoms with Gasteiger partial charge in [-0.25, -0.2) is 4.98 Å². The molecule has 1 aromatic heterocycles. The van der Waals surface area contributed by atoms with Crippen LogP contribution in [-0.2, 0) is 12.6 Å². The topological polar surface area (TPSA) is 49.8 Å². The number of hydrogen-bond donors (Lipinski definition) is 2.